The summed E-state index contributed by atoms with van der Waals surface area (Å²) in [6.07, 6.45) is 4.02. The molecule has 4 heteroatoms. The second-order valence-electron chi connectivity index (χ2n) is 7.27. The zero-order valence-electron chi connectivity index (χ0n) is 16.8. The molecule has 0 bridgehead atoms. The van der Waals surface area contributed by atoms with Gasteiger partial charge in [0.1, 0.15) is 0 Å². The van der Waals surface area contributed by atoms with E-state index in [1.807, 2.05) is 36.5 Å². The molecular weight excluding hydrogens is 358 g/mol. The fourth-order valence-electron chi connectivity index (χ4n) is 3.67. The lowest BCUT2D eigenvalue weighted by Gasteiger charge is -2.36. The van der Waals surface area contributed by atoms with Crippen LogP contribution in [0.5, 0.6) is 0 Å². The Morgan fingerprint density at radius 3 is 2.55 bits per heavy atom. The second-order valence-corrected chi connectivity index (χ2v) is 7.27. The lowest BCUT2D eigenvalue weighted by molar-refractivity contribution is 0.0575. The van der Waals surface area contributed by atoms with Crippen LogP contribution in [0, 0.1) is 0 Å². The topological polar surface area (TPSA) is 36.9 Å². The number of hydrazone groups is 1. The Hall–Kier alpha value is -3.11. The van der Waals surface area contributed by atoms with Gasteiger partial charge in [0, 0.05) is 30.9 Å². The quantitative estimate of drug-likeness (QED) is 0.423. The third-order valence-electron chi connectivity index (χ3n) is 5.03. The maximum atomic E-state index is 6.13. The molecule has 0 saturated carbocycles. The SMILES string of the molecule is CCCOC1Cc2cc(C=NNc3ccccc3)ccc2N(c2ccccc2)C1. The van der Waals surface area contributed by atoms with Crippen LogP contribution in [0.3, 0.4) is 0 Å². The maximum Gasteiger partial charge on any atom is 0.0795 e. The van der Waals surface area contributed by atoms with Crippen LogP contribution < -0.4 is 10.3 Å². The average molecular weight is 386 g/mol. The van der Waals surface area contributed by atoms with E-state index in [9.17, 15) is 0 Å². The van der Waals surface area contributed by atoms with Crippen molar-refractivity contribution in [2.75, 3.05) is 23.5 Å². The zero-order chi connectivity index (χ0) is 19.9. The zero-order valence-corrected chi connectivity index (χ0v) is 16.8. The van der Waals surface area contributed by atoms with Gasteiger partial charge in [-0.15, -0.1) is 0 Å². The molecule has 0 saturated heterocycles. The molecule has 0 spiro atoms. The fraction of sp³-hybridized carbons (Fsp3) is 0.240. The van der Waals surface area contributed by atoms with E-state index in [4.69, 9.17) is 4.74 Å². The van der Waals surface area contributed by atoms with Crippen LogP contribution in [0.25, 0.3) is 0 Å². The molecule has 148 valence electrons. The van der Waals surface area contributed by atoms with Gasteiger partial charge in [-0.3, -0.25) is 5.43 Å². The van der Waals surface area contributed by atoms with E-state index in [1.54, 1.807) is 0 Å². The molecule has 0 fully saturated rings. The van der Waals surface area contributed by atoms with Gasteiger partial charge in [-0.25, -0.2) is 0 Å². The number of rotatable bonds is 7. The first-order valence-electron chi connectivity index (χ1n) is 10.2. The minimum Gasteiger partial charge on any atom is -0.376 e. The largest absolute Gasteiger partial charge is 0.376 e. The smallest absolute Gasteiger partial charge is 0.0795 e. The highest BCUT2D eigenvalue weighted by Gasteiger charge is 2.26. The summed E-state index contributed by atoms with van der Waals surface area (Å²) in [6.45, 7) is 3.82. The van der Waals surface area contributed by atoms with Crippen molar-refractivity contribution in [2.45, 2.75) is 25.9 Å². The first-order valence-corrected chi connectivity index (χ1v) is 10.2. The molecule has 1 heterocycles. The summed E-state index contributed by atoms with van der Waals surface area (Å²) in [4.78, 5) is 2.36. The molecule has 0 aliphatic carbocycles. The summed E-state index contributed by atoms with van der Waals surface area (Å²) >= 11 is 0. The van der Waals surface area contributed by atoms with Gasteiger partial charge < -0.3 is 9.64 Å². The van der Waals surface area contributed by atoms with Gasteiger partial charge in [-0.2, -0.15) is 5.10 Å². The highest BCUT2D eigenvalue weighted by atomic mass is 16.5. The van der Waals surface area contributed by atoms with Gasteiger partial charge in [0.2, 0.25) is 0 Å². The van der Waals surface area contributed by atoms with Gasteiger partial charge in [-0.1, -0.05) is 49.4 Å². The molecule has 1 aliphatic rings. The number of hydrogen-bond donors (Lipinski definition) is 1. The Morgan fingerprint density at radius 1 is 1.03 bits per heavy atom. The Kier molecular flexibility index (Phi) is 6.22. The number of nitrogens with one attached hydrogen (secondary N) is 1. The molecule has 3 aromatic carbocycles. The van der Waals surface area contributed by atoms with Crippen LogP contribution in [-0.4, -0.2) is 25.5 Å². The minimum atomic E-state index is 0.192. The van der Waals surface area contributed by atoms with Crippen molar-refractivity contribution in [3.63, 3.8) is 0 Å². The molecule has 1 atom stereocenters. The number of ether oxygens (including phenoxy) is 1. The second kappa shape index (κ2) is 9.39. The molecule has 4 rings (SSSR count). The van der Waals surface area contributed by atoms with Crippen molar-refractivity contribution in [3.05, 3.63) is 90.0 Å². The average Bonchev–Trinajstić information content (AvgIpc) is 2.78. The normalized spacial score (nSPS) is 16.0. The number of fused-ring (bicyclic) bond motifs is 1. The summed E-state index contributed by atoms with van der Waals surface area (Å²) in [6, 6.07) is 27.1. The molecule has 1 aliphatic heterocycles. The minimum absolute atomic E-state index is 0.192. The molecule has 0 radical (unpaired) electrons. The predicted octanol–water partition coefficient (Wildman–Crippen LogP) is 5.62. The van der Waals surface area contributed by atoms with E-state index in [0.717, 1.165) is 37.2 Å². The fourth-order valence-corrected chi connectivity index (χ4v) is 3.67. The Bertz CT molecular complexity index is 941. The Morgan fingerprint density at radius 2 is 1.79 bits per heavy atom. The Labute approximate surface area is 172 Å². The molecule has 1 N–H and O–H groups in total. The third-order valence-corrected chi connectivity index (χ3v) is 5.03. The summed E-state index contributed by atoms with van der Waals surface area (Å²) in [7, 11) is 0. The van der Waals surface area contributed by atoms with Crippen LogP contribution in [0.15, 0.2) is 84.0 Å². The van der Waals surface area contributed by atoms with Gasteiger partial charge in [-0.05, 0) is 53.9 Å². The number of para-hydroxylation sites is 2. The predicted molar refractivity (Wildman–Crippen MR) is 121 cm³/mol. The van der Waals surface area contributed by atoms with E-state index in [-0.39, 0.29) is 6.10 Å². The van der Waals surface area contributed by atoms with Crippen molar-refractivity contribution >= 4 is 23.3 Å². The first-order chi connectivity index (χ1) is 14.3. The van der Waals surface area contributed by atoms with Crippen molar-refractivity contribution in [2.24, 2.45) is 5.10 Å². The van der Waals surface area contributed by atoms with E-state index in [2.05, 4.69) is 70.9 Å². The molecule has 0 aromatic heterocycles. The molecular formula is C25H27N3O. The van der Waals surface area contributed by atoms with Gasteiger partial charge in [0.15, 0.2) is 0 Å². The van der Waals surface area contributed by atoms with E-state index in [1.165, 1.54) is 16.9 Å². The van der Waals surface area contributed by atoms with Gasteiger partial charge in [0.25, 0.3) is 0 Å². The lowest BCUT2D eigenvalue weighted by atomic mass is 9.97. The van der Waals surface area contributed by atoms with Crippen LogP contribution in [0.1, 0.15) is 24.5 Å². The van der Waals surface area contributed by atoms with E-state index in [0.29, 0.717) is 0 Å². The number of benzene rings is 3. The number of nitrogens with zero attached hydrogens (tertiary/aromatic N) is 2. The highest BCUT2D eigenvalue weighted by Crippen LogP contribution is 2.34. The van der Waals surface area contributed by atoms with Crippen LogP contribution >= 0.6 is 0 Å². The van der Waals surface area contributed by atoms with Crippen LogP contribution in [0.4, 0.5) is 17.1 Å². The van der Waals surface area contributed by atoms with Gasteiger partial charge >= 0.3 is 0 Å². The third kappa shape index (κ3) is 4.84. The lowest BCUT2D eigenvalue weighted by Crippen LogP contribution is -2.37. The summed E-state index contributed by atoms with van der Waals surface area (Å²) in [5, 5.41) is 4.39. The van der Waals surface area contributed by atoms with Gasteiger partial charge in [0.05, 0.1) is 18.0 Å². The Balaban J connectivity index is 1.57. The summed E-state index contributed by atoms with van der Waals surface area (Å²) in [5.74, 6) is 0. The first kappa shape index (κ1) is 19.2. The maximum absolute atomic E-state index is 6.13. The summed E-state index contributed by atoms with van der Waals surface area (Å²) in [5.41, 5.74) is 8.88. The molecule has 3 aromatic rings. The molecule has 0 amide bonds. The molecule has 1 unspecified atom stereocenters. The molecule has 29 heavy (non-hydrogen) atoms. The van der Waals surface area contributed by atoms with E-state index >= 15 is 0 Å². The van der Waals surface area contributed by atoms with Crippen LogP contribution in [-0.2, 0) is 11.2 Å². The highest BCUT2D eigenvalue weighted by molar-refractivity contribution is 5.83. The summed E-state index contributed by atoms with van der Waals surface area (Å²) < 4.78 is 6.13. The molecule has 4 nitrogen and oxygen atoms in total. The van der Waals surface area contributed by atoms with Crippen molar-refractivity contribution in [1.29, 1.82) is 0 Å². The number of anilines is 3. The van der Waals surface area contributed by atoms with Crippen molar-refractivity contribution in [1.82, 2.24) is 0 Å². The van der Waals surface area contributed by atoms with Crippen molar-refractivity contribution < 1.29 is 4.74 Å². The standard InChI is InChI=1S/C25H27N3O/c1-2-15-29-24-17-21-16-20(18-26-27-22-9-5-3-6-10-22)13-14-25(21)28(19-24)23-11-7-4-8-12-23/h3-14,16,18,24,27H,2,15,17,19H2,1H3. The number of hydrogen-bond acceptors (Lipinski definition) is 4. The monoisotopic (exact) mass is 385 g/mol. The van der Waals surface area contributed by atoms with E-state index < -0.39 is 0 Å². The van der Waals surface area contributed by atoms with Crippen LogP contribution in [0.2, 0.25) is 0 Å². The van der Waals surface area contributed by atoms with Crippen molar-refractivity contribution in [3.8, 4) is 0 Å².